The van der Waals surface area contributed by atoms with Crippen LogP contribution in [0.1, 0.15) is 39.2 Å². The normalized spacial score (nSPS) is 15.2. The number of hydrogen-bond acceptors (Lipinski definition) is 3. The van der Waals surface area contributed by atoms with E-state index in [2.05, 4.69) is 18.6 Å². The molecule has 0 aromatic heterocycles. The molecule has 2 atom stereocenters. The molecule has 0 aliphatic heterocycles. The summed E-state index contributed by atoms with van der Waals surface area (Å²) < 4.78 is 27.0. The van der Waals surface area contributed by atoms with E-state index >= 15 is 0 Å². The number of aliphatic hydroxyl groups excluding tert-OH is 1. The van der Waals surface area contributed by atoms with E-state index in [1.54, 1.807) is 12.1 Å². The van der Waals surface area contributed by atoms with Crippen LogP contribution in [0.15, 0.2) is 29.2 Å². The monoisotopic (exact) mass is 285 g/mol. The van der Waals surface area contributed by atoms with Gasteiger partial charge in [-0.15, -0.1) is 0 Å². The van der Waals surface area contributed by atoms with Crippen molar-refractivity contribution in [3.8, 4) is 0 Å². The van der Waals surface area contributed by atoms with Gasteiger partial charge in [-0.3, -0.25) is 0 Å². The minimum absolute atomic E-state index is 0.0851. The lowest BCUT2D eigenvalue weighted by Gasteiger charge is -2.17. The van der Waals surface area contributed by atoms with Gasteiger partial charge in [0.25, 0.3) is 0 Å². The van der Waals surface area contributed by atoms with Crippen LogP contribution in [0, 0.1) is 5.92 Å². The standard InChI is InChI=1S/C14H23NO3S/c1-4-11(2)9-12(3)15-19(17,18)14-7-5-13(10-16)6-8-14/h5-8,11-12,15-16H,4,9-10H2,1-3H3. The maximum atomic E-state index is 12.1. The molecule has 1 aromatic carbocycles. The van der Waals surface area contributed by atoms with Gasteiger partial charge in [-0.1, -0.05) is 32.4 Å². The van der Waals surface area contributed by atoms with Crippen LogP contribution in [0.25, 0.3) is 0 Å². The van der Waals surface area contributed by atoms with Crippen LogP contribution in [0.5, 0.6) is 0 Å². The van der Waals surface area contributed by atoms with Crippen molar-refractivity contribution in [1.82, 2.24) is 4.72 Å². The Bertz CT molecular complexity index is 482. The number of sulfonamides is 1. The van der Waals surface area contributed by atoms with Crippen molar-refractivity contribution in [2.45, 2.75) is 51.2 Å². The molecule has 2 unspecified atom stereocenters. The predicted molar refractivity (Wildman–Crippen MR) is 76.2 cm³/mol. The van der Waals surface area contributed by atoms with Crippen molar-refractivity contribution in [2.24, 2.45) is 5.92 Å². The van der Waals surface area contributed by atoms with Gasteiger partial charge in [-0.25, -0.2) is 13.1 Å². The summed E-state index contributed by atoms with van der Waals surface area (Å²) in [5.74, 6) is 0.495. The van der Waals surface area contributed by atoms with Gasteiger partial charge < -0.3 is 5.11 Å². The van der Waals surface area contributed by atoms with E-state index in [1.165, 1.54) is 12.1 Å². The van der Waals surface area contributed by atoms with Crippen LogP contribution in [-0.4, -0.2) is 19.6 Å². The van der Waals surface area contributed by atoms with Gasteiger partial charge in [0.2, 0.25) is 10.0 Å². The lowest BCUT2D eigenvalue weighted by molar-refractivity contribution is 0.282. The van der Waals surface area contributed by atoms with E-state index in [-0.39, 0.29) is 17.5 Å². The fourth-order valence-corrected chi connectivity index (χ4v) is 3.18. The molecular weight excluding hydrogens is 262 g/mol. The molecule has 0 aliphatic carbocycles. The Morgan fingerprint density at radius 2 is 1.79 bits per heavy atom. The lowest BCUT2D eigenvalue weighted by Crippen LogP contribution is -2.33. The summed E-state index contributed by atoms with van der Waals surface area (Å²) >= 11 is 0. The Hall–Kier alpha value is -0.910. The van der Waals surface area contributed by atoms with E-state index in [1.807, 2.05) is 6.92 Å². The summed E-state index contributed by atoms with van der Waals surface area (Å²) in [6.07, 6.45) is 1.86. The second-order valence-corrected chi connectivity index (χ2v) is 6.79. The number of aliphatic hydroxyl groups is 1. The van der Waals surface area contributed by atoms with Gasteiger partial charge in [0.15, 0.2) is 0 Å². The molecule has 0 fully saturated rings. The molecule has 19 heavy (non-hydrogen) atoms. The highest BCUT2D eigenvalue weighted by Gasteiger charge is 2.18. The summed E-state index contributed by atoms with van der Waals surface area (Å²) in [7, 11) is -3.47. The van der Waals surface area contributed by atoms with Crippen LogP contribution >= 0.6 is 0 Å². The summed E-state index contributed by atoms with van der Waals surface area (Å²) in [4.78, 5) is 0.237. The van der Waals surface area contributed by atoms with Gasteiger partial charge >= 0.3 is 0 Å². The van der Waals surface area contributed by atoms with E-state index in [9.17, 15) is 8.42 Å². The number of hydrogen-bond donors (Lipinski definition) is 2. The highest BCUT2D eigenvalue weighted by molar-refractivity contribution is 7.89. The van der Waals surface area contributed by atoms with E-state index in [0.717, 1.165) is 12.8 Å². The van der Waals surface area contributed by atoms with Gasteiger partial charge in [0.05, 0.1) is 11.5 Å². The van der Waals surface area contributed by atoms with Gasteiger partial charge in [0.1, 0.15) is 0 Å². The second-order valence-electron chi connectivity index (χ2n) is 5.07. The van der Waals surface area contributed by atoms with Crippen molar-refractivity contribution < 1.29 is 13.5 Å². The molecule has 1 aromatic rings. The topological polar surface area (TPSA) is 66.4 Å². The molecule has 0 spiro atoms. The molecule has 0 heterocycles. The molecule has 1 rings (SSSR count). The molecule has 2 N–H and O–H groups in total. The van der Waals surface area contributed by atoms with Crippen molar-refractivity contribution >= 4 is 10.0 Å². The van der Waals surface area contributed by atoms with Crippen LogP contribution in [0.3, 0.4) is 0 Å². The minimum Gasteiger partial charge on any atom is -0.392 e. The Labute approximate surface area is 115 Å². The molecule has 0 aliphatic rings. The quantitative estimate of drug-likeness (QED) is 0.807. The third-order valence-electron chi connectivity index (χ3n) is 3.23. The average molecular weight is 285 g/mol. The maximum absolute atomic E-state index is 12.1. The molecule has 5 heteroatoms. The third kappa shape index (κ3) is 4.93. The second kappa shape index (κ2) is 7.03. The molecule has 0 amide bonds. The lowest BCUT2D eigenvalue weighted by atomic mass is 10.0. The van der Waals surface area contributed by atoms with Crippen molar-refractivity contribution in [1.29, 1.82) is 0 Å². The SMILES string of the molecule is CCC(C)CC(C)NS(=O)(=O)c1ccc(CO)cc1. The number of nitrogens with one attached hydrogen (secondary N) is 1. The highest BCUT2D eigenvalue weighted by Crippen LogP contribution is 2.14. The fraction of sp³-hybridized carbons (Fsp3) is 0.571. The summed E-state index contributed by atoms with van der Waals surface area (Å²) in [5.41, 5.74) is 0.701. The van der Waals surface area contributed by atoms with Crippen LogP contribution < -0.4 is 4.72 Å². The van der Waals surface area contributed by atoms with Gasteiger partial charge in [0, 0.05) is 6.04 Å². The Balaban J connectivity index is 2.74. The largest absolute Gasteiger partial charge is 0.392 e. The third-order valence-corrected chi connectivity index (χ3v) is 4.83. The zero-order valence-electron chi connectivity index (χ0n) is 11.8. The minimum atomic E-state index is -3.47. The molecule has 0 saturated heterocycles. The van der Waals surface area contributed by atoms with Crippen molar-refractivity contribution in [3.05, 3.63) is 29.8 Å². The summed E-state index contributed by atoms with van der Waals surface area (Å²) in [6, 6.07) is 6.19. The van der Waals surface area contributed by atoms with Crippen molar-refractivity contribution in [3.63, 3.8) is 0 Å². The first-order valence-electron chi connectivity index (χ1n) is 6.61. The number of rotatable bonds is 7. The first kappa shape index (κ1) is 16.1. The molecule has 0 saturated carbocycles. The summed E-state index contributed by atoms with van der Waals surface area (Å²) in [5, 5.41) is 8.94. The molecular formula is C14H23NO3S. The average Bonchev–Trinajstić information content (AvgIpc) is 2.37. The molecule has 0 radical (unpaired) electrons. The fourth-order valence-electron chi connectivity index (χ4n) is 1.93. The zero-order valence-corrected chi connectivity index (χ0v) is 12.6. The Kier molecular flexibility index (Phi) is 5.97. The van der Waals surface area contributed by atoms with E-state index in [4.69, 9.17) is 5.11 Å². The van der Waals surface area contributed by atoms with Crippen molar-refractivity contribution in [2.75, 3.05) is 0 Å². The Morgan fingerprint density at radius 1 is 1.21 bits per heavy atom. The first-order valence-corrected chi connectivity index (χ1v) is 8.09. The molecule has 4 nitrogen and oxygen atoms in total. The Morgan fingerprint density at radius 3 is 2.26 bits per heavy atom. The van der Waals surface area contributed by atoms with Crippen LogP contribution in [0.4, 0.5) is 0 Å². The maximum Gasteiger partial charge on any atom is 0.240 e. The van der Waals surface area contributed by atoms with Crippen LogP contribution in [0.2, 0.25) is 0 Å². The smallest absolute Gasteiger partial charge is 0.240 e. The number of benzene rings is 1. The first-order chi connectivity index (χ1) is 8.89. The zero-order chi connectivity index (χ0) is 14.5. The highest BCUT2D eigenvalue weighted by atomic mass is 32.2. The molecule has 108 valence electrons. The van der Waals surface area contributed by atoms with Crippen LogP contribution in [-0.2, 0) is 16.6 Å². The van der Waals surface area contributed by atoms with E-state index in [0.29, 0.717) is 11.5 Å². The summed E-state index contributed by atoms with van der Waals surface area (Å²) in [6.45, 7) is 6.00. The predicted octanol–water partition coefficient (Wildman–Crippen LogP) is 2.28. The van der Waals surface area contributed by atoms with Gasteiger partial charge in [-0.2, -0.15) is 0 Å². The molecule has 0 bridgehead atoms. The van der Waals surface area contributed by atoms with E-state index < -0.39 is 10.0 Å². The van der Waals surface area contributed by atoms with Gasteiger partial charge in [-0.05, 0) is 37.0 Å².